The summed E-state index contributed by atoms with van der Waals surface area (Å²) in [5.74, 6) is 0.670. The molecule has 0 saturated carbocycles. The second kappa shape index (κ2) is 13.8. The Hall–Kier alpha value is -8.15. The normalized spacial score (nSPS) is 11.7. The number of nitrogens with zero attached hydrogens (tertiary/aromatic N) is 5. The van der Waals surface area contributed by atoms with E-state index in [2.05, 4.69) is 197 Å². The van der Waals surface area contributed by atoms with Crippen LogP contribution < -0.4 is 0 Å². The number of rotatable bonds is 6. The molecule has 0 fully saturated rings. The Bertz CT molecular complexity index is 3350. The summed E-state index contributed by atoms with van der Waals surface area (Å²) in [5.41, 5.74) is 13.4. The van der Waals surface area contributed by atoms with Crippen molar-refractivity contribution in [3.8, 4) is 56.5 Å². The first-order valence-electron chi connectivity index (χ1n) is 20.3. The standard InChI is InChI=1S/C55H35N5/c1-2-15-39(16-3-1)55-57-48(37-26-28-38(29-27-37)54-43-17-5-4-14-36(43)30-31-56-54)35-49(58-55)40-32-41(59-50-22-10-6-18-44(50)45-19-7-11-23-51(45)59)34-42(33-40)60-52-24-12-8-20-46(52)47-21-9-13-25-53(47)60/h1-35H. The van der Waals surface area contributed by atoms with Crippen LogP contribution in [0, 0.1) is 0 Å². The third-order valence-electron chi connectivity index (χ3n) is 11.8. The molecule has 280 valence electrons. The molecular formula is C55H35N5. The molecule has 0 aliphatic carbocycles. The van der Waals surface area contributed by atoms with Crippen LogP contribution in [0.5, 0.6) is 0 Å². The zero-order valence-electron chi connectivity index (χ0n) is 32.4. The summed E-state index contributed by atoms with van der Waals surface area (Å²) in [7, 11) is 0. The van der Waals surface area contributed by atoms with E-state index in [1.54, 1.807) is 0 Å². The fourth-order valence-electron chi connectivity index (χ4n) is 9.01. The summed E-state index contributed by atoms with van der Waals surface area (Å²) in [6, 6.07) is 73.1. The van der Waals surface area contributed by atoms with E-state index in [1.807, 2.05) is 24.4 Å². The lowest BCUT2D eigenvalue weighted by atomic mass is 10.0. The van der Waals surface area contributed by atoms with Crippen LogP contribution >= 0.6 is 0 Å². The molecule has 4 heterocycles. The second-order valence-electron chi connectivity index (χ2n) is 15.3. The predicted octanol–water partition coefficient (Wildman–Crippen LogP) is 13.9. The topological polar surface area (TPSA) is 48.5 Å². The molecule has 0 aliphatic rings. The van der Waals surface area contributed by atoms with E-state index in [4.69, 9.17) is 15.0 Å². The highest BCUT2D eigenvalue weighted by Crippen LogP contribution is 2.39. The van der Waals surface area contributed by atoms with Crippen molar-refractivity contribution in [2.45, 2.75) is 0 Å². The SMILES string of the molecule is c1ccc(-c2nc(-c3ccc(-c4nccc5ccccc45)cc3)cc(-c3cc(-n4c5ccccc5c5ccccc54)cc(-n4c5ccccc5c5ccccc54)c3)n2)cc1. The molecule has 4 aromatic heterocycles. The number of fused-ring (bicyclic) bond motifs is 7. The molecule has 0 radical (unpaired) electrons. The van der Waals surface area contributed by atoms with E-state index in [9.17, 15) is 0 Å². The van der Waals surface area contributed by atoms with Gasteiger partial charge in [0, 0.05) is 66.8 Å². The molecule has 5 heteroatoms. The van der Waals surface area contributed by atoms with E-state index in [0.717, 1.165) is 78.2 Å². The molecule has 60 heavy (non-hydrogen) atoms. The van der Waals surface area contributed by atoms with E-state index in [-0.39, 0.29) is 0 Å². The zero-order chi connectivity index (χ0) is 39.6. The first kappa shape index (κ1) is 33.9. The van der Waals surface area contributed by atoms with Gasteiger partial charge in [-0.3, -0.25) is 4.98 Å². The lowest BCUT2D eigenvalue weighted by molar-refractivity contribution is 1.13. The third-order valence-corrected chi connectivity index (χ3v) is 11.8. The summed E-state index contributed by atoms with van der Waals surface area (Å²) < 4.78 is 4.79. The Labute approximate surface area is 346 Å². The van der Waals surface area contributed by atoms with Gasteiger partial charge in [-0.2, -0.15) is 0 Å². The fourth-order valence-corrected chi connectivity index (χ4v) is 9.01. The minimum Gasteiger partial charge on any atom is -0.309 e. The maximum Gasteiger partial charge on any atom is 0.160 e. The average Bonchev–Trinajstić information content (AvgIpc) is 3.85. The highest BCUT2D eigenvalue weighted by molar-refractivity contribution is 6.10. The molecule has 0 atom stereocenters. The minimum absolute atomic E-state index is 0.670. The number of hydrogen-bond acceptors (Lipinski definition) is 3. The molecular weight excluding hydrogens is 731 g/mol. The minimum atomic E-state index is 0.670. The van der Waals surface area contributed by atoms with Gasteiger partial charge in [0.15, 0.2) is 5.82 Å². The maximum absolute atomic E-state index is 5.35. The number of pyridine rings is 1. The van der Waals surface area contributed by atoms with Crippen molar-refractivity contribution in [3.05, 3.63) is 212 Å². The molecule has 0 N–H and O–H groups in total. The smallest absolute Gasteiger partial charge is 0.160 e. The van der Waals surface area contributed by atoms with Crippen molar-refractivity contribution in [2.24, 2.45) is 0 Å². The van der Waals surface area contributed by atoms with Crippen LogP contribution in [-0.4, -0.2) is 24.1 Å². The van der Waals surface area contributed by atoms with E-state index >= 15 is 0 Å². The van der Waals surface area contributed by atoms with Crippen LogP contribution in [0.2, 0.25) is 0 Å². The second-order valence-corrected chi connectivity index (χ2v) is 15.3. The van der Waals surface area contributed by atoms with Crippen LogP contribution in [-0.2, 0) is 0 Å². The first-order valence-corrected chi connectivity index (χ1v) is 20.3. The van der Waals surface area contributed by atoms with Gasteiger partial charge in [0.1, 0.15) is 0 Å². The maximum atomic E-state index is 5.35. The van der Waals surface area contributed by atoms with Crippen LogP contribution in [0.4, 0.5) is 0 Å². The number of hydrogen-bond donors (Lipinski definition) is 0. The van der Waals surface area contributed by atoms with Gasteiger partial charge in [0.25, 0.3) is 0 Å². The Morgan fingerprint density at radius 3 is 1.32 bits per heavy atom. The van der Waals surface area contributed by atoms with Crippen LogP contribution in [0.15, 0.2) is 212 Å². The number of benzene rings is 8. The monoisotopic (exact) mass is 765 g/mol. The van der Waals surface area contributed by atoms with Crippen molar-refractivity contribution >= 4 is 54.4 Å². The molecule has 0 saturated heterocycles. The summed E-state index contributed by atoms with van der Waals surface area (Å²) in [6.45, 7) is 0. The van der Waals surface area contributed by atoms with Gasteiger partial charge >= 0.3 is 0 Å². The van der Waals surface area contributed by atoms with Gasteiger partial charge in [-0.1, -0.05) is 152 Å². The van der Waals surface area contributed by atoms with Crippen molar-refractivity contribution in [3.63, 3.8) is 0 Å². The lowest BCUT2D eigenvalue weighted by Gasteiger charge is -2.16. The molecule has 12 aromatic rings. The Morgan fingerprint density at radius 1 is 0.317 bits per heavy atom. The molecule has 0 amide bonds. The third kappa shape index (κ3) is 5.52. The molecule has 0 unspecified atom stereocenters. The van der Waals surface area contributed by atoms with Gasteiger partial charge in [-0.25, -0.2) is 9.97 Å². The first-order chi connectivity index (χ1) is 29.7. The Balaban J connectivity index is 1.11. The van der Waals surface area contributed by atoms with Gasteiger partial charge < -0.3 is 9.13 Å². The van der Waals surface area contributed by atoms with E-state index in [1.165, 1.54) is 26.9 Å². The average molecular weight is 766 g/mol. The number of para-hydroxylation sites is 4. The zero-order valence-corrected chi connectivity index (χ0v) is 32.4. The van der Waals surface area contributed by atoms with Gasteiger partial charge in [0.2, 0.25) is 0 Å². The highest BCUT2D eigenvalue weighted by Gasteiger charge is 2.19. The molecule has 0 spiro atoms. The summed E-state index contributed by atoms with van der Waals surface area (Å²) in [5, 5.41) is 7.17. The summed E-state index contributed by atoms with van der Waals surface area (Å²) in [4.78, 5) is 15.4. The van der Waals surface area contributed by atoms with Crippen molar-refractivity contribution in [1.29, 1.82) is 0 Å². The van der Waals surface area contributed by atoms with Crippen LogP contribution in [0.1, 0.15) is 0 Å². The summed E-state index contributed by atoms with van der Waals surface area (Å²) in [6.07, 6.45) is 1.88. The molecule has 8 aromatic carbocycles. The lowest BCUT2D eigenvalue weighted by Crippen LogP contribution is -2.01. The van der Waals surface area contributed by atoms with Gasteiger partial charge in [-0.05, 0) is 60.0 Å². The summed E-state index contributed by atoms with van der Waals surface area (Å²) >= 11 is 0. The van der Waals surface area contributed by atoms with E-state index < -0.39 is 0 Å². The molecule has 0 bridgehead atoms. The van der Waals surface area contributed by atoms with E-state index in [0.29, 0.717) is 5.82 Å². The van der Waals surface area contributed by atoms with Crippen LogP contribution in [0.3, 0.4) is 0 Å². The van der Waals surface area contributed by atoms with Crippen molar-refractivity contribution < 1.29 is 0 Å². The number of aromatic nitrogens is 5. The highest BCUT2D eigenvalue weighted by atomic mass is 15.0. The van der Waals surface area contributed by atoms with Crippen molar-refractivity contribution in [1.82, 2.24) is 24.1 Å². The van der Waals surface area contributed by atoms with Crippen LogP contribution in [0.25, 0.3) is 111 Å². The molecule has 0 aliphatic heterocycles. The van der Waals surface area contributed by atoms with Gasteiger partial charge in [0.05, 0.1) is 39.1 Å². The largest absolute Gasteiger partial charge is 0.309 e. The Morgan fingerprint density at radius 2 is 0.767 bits per heavy atom. The molecule has 5 nitrogen and oxygen atoms in total. The molecule has 12 rings (SSSR count). The van der Waals surface area contributed by atoms with Crippen molar-refractivity contribution in [2.75, 3.05) is 0 Å². The predicted molar refractivity (Wildman–Crippen MR) is 248 cm³/mol. The quantitative estimate of drug-likeness (QED) is 0.169. The Kier molecular flexibility index (Phi) is 7.78. The fraction of sp³-hybridized carbons (Fsp3) is 0. The van der Waals surface area contributed by atoms with Gasteiger partial charge in [-0.15, -0.1) is 0 Å².